The van der Waals surface area contributed by atoms with E-state index >= 15 is 0 Å². The average Bonchev–Trinajstić information content (AvgIpc) is 2.57. The van der Waals surface area contributed by atoms with E-state index in [9.17, 15) is 0 Å². The molecule has 0 aliphatic carbocycles. The van der Waals surface area contributed by atoms with Gasteiger partial charge in [-0.3, -0.25) is 0 Å². The standard InChI is InChI=1S/C13H18N2O/c1-10(2)9-13-14-11-5-3-4-6-12(11)15(13)7-8-16/h3-6,10,16H,7-9H2,1-2H3. The van der Waals surface area contributed by atoms with Gasteiger partial charge in [-0.1, -0.05) is 26.0 Å². The van der Waals surface area contributed by atoms with E-state index in [0.29, 0.717) is 12.5 Å². The second-order valence-corrected chi connectivity index (χ2v) is 4.49. The zero-order valence-corrected chi connectivity index (χ0v) is 9.85. The molecule has 0 unspecified atom stereocenters. The van der Waals surface area contributed by atoms with Gasteiger partial charge in [-0.15, -0.1) is 0 Å². The fourth-order valence-electron chi connectivity index (χ4n) is 2.00. The molecule has 2 rings (SSSR count). The van der Waals surface area contributed by atoms with Crippen LogP contribution in [0.5, 0.6) is 0 Å². The first-order valence-electron chi connectivity index (χ1n) is 5.77. The largest absolute Gasteiger partial charge is 0.395 e. The lowest BCUT2D eigenvalue weighted by molar-refractivity contribution is 0.275. The van der Waals surface area contributed by atoms with Gasteiger partial charge in [-0.2, -0.15) is 0 Å². The Hall–Kier alpha value is -1.35. The zero-order chi connectivity index (χ0) is 11.5. The number of benzene rings is 1. The summed E-state index contributed by atoms with van der Waals surface area (Å²) in [5.41, 5.74) is 2.14. The molecule has 0 amide bonds. The molecule has 3 nitrogen and oxygen atoms in total. The van der Waals surface area contributed by atoms with E-state index in [1.54, 1.807) is 0 Å². The van der Waals surface area contributed by atoms with Crippen molar-refractivity contribution in [1.82, 2.24) is 9.55 Å². The first-order chi connectivity index (χ1) is 7.72. The summed E-state index contributed by atoms with van der Waals surface area (Å²) in [6.07, 6.45) is 0.953. The van der Waals surface area contributed by atoms with Crippen molar-refractivity contribution in [2.45, 2.75) is 26.8 Å². The molecule has 0 spiro atoms. The Labute approximate surface area is 95.7 Å². The van der Waals surface area contributed by atoms with Crippen molar-refractivity contribution in [3.8, 4) is 0 Å². The van der Waals surface area contributed by atoms with Gasteiger partial charge in [0.2, 0.25) is 0 Å². The van der Waals surface area contributed by atoms with E-state index in [1.807, 2.05) is 18.2 Å². The van der Waals surface area contributed by atoms with Gasteiger partial charge in [0.25, 0.3) is 0 Å². The van der Waals surface area contributed by atoms with Gasteiger partial charge in [-0.25, -0.2) is 4.98 Å². The van der Waals surface area contributed by atoms with Gasteiger partial charge in [0, 0.05) is 13.0 Å². The number of rotatable bonds is 4. The molecule has 16 heavy (non-hydrogen) atoms. The first-order valence-corrected chi connectivity index (χ1v) is 5.77. The first kappa shape index (κ1) is 11.1. The maximum Gasteiger partial charge on any atom is 0.110 e. The molecular formula is C13H18N2O. The molecule has 1 heterocycles. The molecule has 0 aliphatic rings. The molecule has 86 valence electrons. The van der Waals surface area contributed by atoms with Crippen molar-refractivity contribution in [3.63, 3.8) is 0 Å². The Kier molecular flexibility index (Phi) is 3.25. The minimum absolute atomic E-state index is 0.158. The fraction of sp³-hybridized carbons (Fsp3) is 0.462. The Morgan fingerprint density at radius 1 is 1.31 bits per heavy atom. The third-order valence-corrected chi connectivity index (χ3v) is 2.65. The van der Waals surface area contributed by atoms with Crippen LogP contribution < -0.4 is 0 Å². The third kappa shape index (κ3) is 2.09. The Morgan fingerprint density at radius 3 is 2.75 bits per heavy atom. The number of fused-ring (bicyclic) bond motifs is 1. The van der Waals surface area contributed by atoms with Crippen molar-refractivity contribution >= 4 is 11.0 Å². The maximum absolute atomic E-state index is 9.11. The summed E-state index contributed by atoms with van der Waals surface area (Å²) in [5.74, 6) is 1.65. The minimum atomic E-state index is 0.158. The van der Waals surface area contributed by atoms with Crippen LogP contribution >= 0.6 is 0 Å². The van der Waals surface area contributed by atoms with Crippen molar-refractivity contribution in [1.29, 1.82) is 0 Å². The van der Waals surface area contributed by atoms with Crippen molar-refractivity contribution in [2.24, 2.45) is 5.92 Å². The van der Waals surface area contributed by atoms with E-state index < -0.39 is 0 Å². The molecule has 0 aliphatic heterocycles. The number of imidazole rings is 1. The van der Waals surface area contributed by atoms with E-state index in [4.69, 9.17) is 5.11 Å². The van der Waals surface area contributed by atoms with Gasteiger partial charge < -0.3 is 9.67 Å². The molecule has 0 fully saturated rings. The summed E-state index contributed by atoms with van der Waals surface area (Å²) in [6.45, 7) is 5.15. The highest BCUT2D eigenvalue weighted by molar-refractivity contribution is 5.75. The van der Waals surface area contributed by atoms with Crippen molar-refractivity contribution < 1.29 is 5.11 Å². The number of hydrogen-bond acceptors (Lipinski definition) is 2. The normalized spacial score (nSPS) is 11.5. The Balaban J connectivity index is 2.49. The lowest BCUT2D eigenvalue weighted by Crippen LogP contribution is -2.09. The number of aliphatic hydroxyl groups is 1. The van der Waals surface area contributed by atoms with Gasteiger partial charge in [0.05, 0.1) is 17.6 Å². The molecule has 3 heteroatoms. The summed E-state index contributed by atoms with van der Waals surface area (Å²) in [5, 5.41) is 9.11. The van der Waals surface area contributed by atoms with Crippen LogP contribution in [0.3, 0.4) is 0 Å². The van der Waals surface area contributed by atoms with Gasteiger partial charge in [-0.05, 0) is 18.1 Å². The monoisotopic (exact) mass is 218 g/mol. The Morgan fingerprint density at radius 2 is 2.06 bits per heavy atom. The SMILES string of the molecule is CC(C)Cc1nc2ccccc2n1CCO. The molecule has 0 radical (unpaired) electrons. The third-order valence-electron chi connectivity index (χ3n) is 2.65. The smallest absolute Gasteiger partial charge is 0.110 e. The zero-order valence-electron chi connectivity index (χ0n) is 9.85. The molecular weight excluding hydrogens is 200 g/mol. The lowest BCUT2D eigenvalue weighted by atomic mass is 10.1. The predicted molar refractivity (Wildman–Crippen MR) is 65.4 cm³/mol. The van der Waals surface area contributed by atoms with Crippen LogP contribution in [-0.2, 0) is 13.0 Å². The van der Waals surface area contributed by atoms with Gasteiger partial charge in [0.15, 0.2) is 0 Å². The molecule has 0 atom stereocenters. The van der Waals surface area contributed by atoms with Crippen LogP contribution in [0.15, 0.2) is 24.3 Å². The molecule has 1 N–H and O–H groups in total. The maximum atomic E-state index is 9.11. The molecule has 2 aromatic rings. The van der Waals surface area contributed by atoms with Crippen LogP contribution in [-0.4, -0.2) is 21.3 Å². The quantitative estimate of drug-likeness (QED) is 0.854. The van der Waals surface area contributed by atoms with E-state index in [1.165, 1.54) is 0 Å². The number of nitrogens with zero attached hydrogens (tertiary/aromatic N) is 2. The topological polar surface area (TPSA) is 38.0 Å². The predicted octanol–water partition coefficient (Wildman–Crippen LogP) is 2.23. The highest BCUT2D eigenvalue weighted by Gasteiger charge is 2.10. The minimum Gasteiger partial charge on any atom is -0.395 e. The molecule has 0 bridgehead atoms. The highest BCUT2D eigenvalue weighted by atomic mass is 16.3. The van der Waals surface area contributed by atoms with E-state index in [2.05, 4.69) is 29.5 Å². The molecule has 1 aromatic heterocycles. The number of aliphatic hydroxyl groups excluding tert-OH is 1. The highest BCUT2D eigenvalue weighted by Crippen LogP contribution is 2.18. The van der Waals surface area contributed by atoms with Crippen molar-refractivity contribution in [2.75, 3.05) is 6.61 Å². The summed E-state index contributed by atoms with van der Waals surface area (Å²) < 4.78 is 2.12. The van der Waals surface area contributed by atoms with Gasteiger partial charge in [0.1, 0.15) is 5.82 Å². The van der Waals surface area contributed by atoms with Crippen molar-refractivity contribution in [3.05, 3.63) is 30.1 Å². The molecule has 0 saturated heterocycles. The van der Waals surface area contributed by atoms with E-state index in [0.717, 1.165) is 23.3 Å². The number of aromatic nitrogens is 2. The van der Waals surface area contributed by atoms with Crippen LogP contribution in [0.25, 0.3) is 11.0 Å². The van der Waals surface area contributed by atoms with Crippen LogP contribution in [0.1, 0.15) is 19.7 Å². The van der Waals surface area contributed by atoms with Gasteiger partial charge >= 0.3 is 0 Å². The fourth-order valence-corrected chi connectivity index (χ4v) is 2.00. The lowest BCUT2D eigenvalue weighted by Gasteiger charge is -2.08. The number of hydrogen-bond donors (Lipinski definition) is 1. The average molecular weight is 218 g/mol. The Bertz CT molecular complexity index is 474. The van der Waals surface area contributed by atoms with E-state index in [-0.39, 0.29) is 6.61 Å². The van der Waals surface area contributed by atoms with Crippen LogP contribution in [0.2, 0.25) is 0 Å². The second-order valence-electron chi connectivity index (χ2n) is 4.49. The summed E-state index contributed by atoms with van der Waals surface area (Å²) in [6, 6.07) is 8.09. The van der Waals surface area contributed by atoms with Crippen LogP contribution in [0, 0.1) is 5.92 Å². The summed E-state index contributed by atoms with van der Waals surface area (Å²) in [4.78, 5) is 4.62. The molecule has 1 aromatic carbocycles. The second kappa shape index (κ2) is 4.66. The molecule has 0 saturated carbocycles. The number of para-hydroxylation sites is 2. The summed E-state index contributed by atoms with van der Waals surface area (Å²) >= 11 is 0. The van der Waals surface area contributed by atoms with Crippen LogP contribution in [0.4, 0.5) is 0 Å². The summed E-state index contributed by atoms with van der Waals surface area (Å²) in [7, 11) is 0.